The largest absolute Gasteiger partial charge is 0.337 e. The van der Waals surface area contributed by atoms with E-state index in [0.717, 1.165) is 24.3 Å². The molecule has 1 saturated heterocycles. The zero-order valence-electron chi connectivity index (χ0n) is 15.9. The van der Waals surface area contributed by atoms with Gasteiger partial charge in [0.1, 0.15) is 5.69 Å². The lowest BCUT2D eigenvalue weighted by Gasteiger charge is -2.36. The minimum absolute atomic E-state index is 0.0126. The maximum absolute atomic E-state index is 12.6. The third-order valence-electron chi connectivity index (χ3n) is 4.98. The van der Waals surface area contributed by atoms with Gasteiger partial charge >= 0.3 is 0 Å². The van der Waals surface area contributed by atoms with Crippen molar-refractivity contribution in [1.29, 1.82) is 0 Å². The molecule has 0 bridgehead atoms. The van der Waals surface area contributed by atoms with Gasteiger partial charge in [-0.3, -0.25) is 14.7 Å². The van der Waals surface area contributed by atoms with Crippen LogP contribution in [0.3, 0.4) is 0 Å². The van der Waals surface area contributed by atoms with E-state index in [2.05, 4.69) is 25.0 Å². The van der Waals surface area contributed by atoms with Crippen LogP contribution in [0.15, 0.2) is 47.2 Å². The minimum atomic E-state index is -0.0797. The number of benzene rings is 1. The molecule has 8 heteroatoms. The fourth-order valence-corrected chi connectivity index (χ4v) is 3.24. The number of hydrogen-bond acceptors (Lipinski definition) is 7. The van der Waals surface area contributed by atoms with Crippen LogP contribution in [0.1, 0.15) is 35.0 Å². The average molecular weight is 378 g/mol. The first kappa shape index (κ1) is 18.2. The van der Waals surface area contributed by atoms with Crippen LogP contribution in [0.25, 0.3) is 11.4 Å². The smallest absolute Gasteiger partial charge is 0.274 e. The highest BCUT2D eigenvalue weighted by Crippen LogP contribution is 2.23. The van der Waals surface area contributed by atoms with Crippen LogP contribution in [-0.2, 0) is 0 Å². The number of carbonyl (C=O) groups excluding carboxylic acids is 1. The summed E-state index contributed by atoms with van der Waals surface area (Å²) >= 11 is 0. The summed E-state index contributed by atoms with van der Waals surface area (Å²) in [6, 6.07) is 9.75. The normalized spacial score (nSPS) is 16.1. The van der Waals surface area contributed by atoms with Gasteiger partial charge in [0.2, 0.25) is 11.7 Å². The van der Waals surface area contributed by atoms with E-state index in [1.807, 2.05) is 49.1 Å². The number of piperazine rings is 1. The third kappa shape index (κ3) is 3.77. The van der Waals surface area contributed by atoms with Crippen LogP contribution < -0.4 is 0 Å². The molecule has 0 radical (unpaired) electrons. The van der Waals surface area contributed by atoms with Crippen LogP contribution in [0, 0.1) is 6.92 Å². The molecule has 1 fully saturated rings. The van der Waals surface area contributed by atoms with Crippen LogP contribution in [-0.4, -0.2) is 62.0 Å². The van der Waals surface area contributed by atoms with Crippen molar-refractivity contribution in [3.63, 3.8) is 0 Å². The van der Waals surface area contributed by atoms with E-state index in [-0.39, 0.29) is 11.9 Å². The minimum Gasteiger partial charge on any atom is -0.337 e. The molecule has 1 aliphatic rings. The molecule has 1 atom stereocenters. The topological polar surface area (TPSA) is 88.3 Å². The van der Waals surface area contributed by atoms with Crippen molar-refractivity contribution in [2.45, 2.75) is 19.9 Å². The maximum atomic E-state index is 12.6. The number of carbonyl (C=O) groups is 1. The Kier molecular flexibility index (Phi) is 5.12. The monoisotopic (exact) mass is 378 g/mol. The summed E-state index contributed by atoms with van der Waals surface area (Å²) in [6.45, 7) is 6.61. The fourth-order valence-electron chi connectivity index (χ4n) is 3.24. The molecule has 2 aromatic heterocycles. The van der Waals surface area contributed by atoms with Crippen molar-refractivity contribution in [3.8, 4) is 11.4 Å². The molecule has 144 valence electrons. The zero-order chi connectivity index (χ0) is 19.5. The van der Waals surface area contributed by atoms with E-state index in [1.165, 1.54) is 6.20 Å². The number of nitrogens with zero attached hydrogens (tertiary/aromatic N) is 6. The Morgan fingerprint density at radius 1 is 1.07 bits per heavy atom. The molecule has 8 nitrogen and oxygen atoms in total. The molecule has 0 spiro atoms. The van der Waals surface area contributed by atoms with E-state index >= 15 is 0 Å². The molecule has 1 amide bonds. The van der Waals surface area contributed by atoms with Crippen LogP contribution in [0.4, 0.5) is 0 Å². The molecule has 0 unspecified atom stereocenters. The maximum Gasteiger partial charge on any atom is 0.274 e. The second kappa shape index (κ2) is 7.85. The predicted molar refractivity (Wildman–Crippen MR) is 102 cm³/mol. The van der Waals surface area contributed by atoms with Crippen molar-refractivity contribution in [2.24, 2.45) is 0 Å². The van der Waals surface area contributed by atoms with Crippen molar-refractivity contribution in [3.05, 3.63) is 60.0 Å². The Bertz CT molecular complexity index is 933. The van der Waals surface area contributed by atoms with Gasteiger partial charge in [0.25, 0.3) is 5.91 Å². The SMILES string of the molecule is Cc1cnc(C(=O)N2CCN([C@@H](C)c3nc(-c4ccccc4)no3)CC2)cn1. The number of hydrogen-bond donors (Lipinski definition) is 0. The molecule has 1 aromatic carbocycles. The lowest BCUT2D eigenvalue weighted by molar-refractivity contribution is 0.0546. The number of aromatic nitrogens is 4. The van der Waals surface area contributed by atoms with E-state index in [9.17, 15) is 4.79 Å². The Hall–Kier alpha value is -3.13. The first-order valence-corrected chi connectivity index (χ1v) is 9.33. The summed E-state index contributed by atoms with van der Waals surface area (Å²) in [6.07, 6.45) is 3.15. The quantitative estimate of drug-likeness (QED) is 0.688. The van der Waals surface area contributed by atoms with Gasteiger partial charge in [-0.2, -0.15) is 4.98 Å². The number of rotatable bonds is 4. The summed E-state index contributed by atoms with van der Waals surface area (Å²) in [7, 11) is 0. The number of amides is 1. The van der Waals surface area contributed by atoms with Gasteiger partial charge in [-0.1, -0.05) is 35.5 Å². The third-order valence-corrected chi connectivity index (χ3v) is 4.98. The highest BCUT2D eigenvalue weighted by molar-refractivity contribution is 5.92. The second-order valence-electron chi connectivity index (χ2n) is 6.87. The highest BCUT2D eigenvalue weighted by Gasteiger charge is 2.28. The van der Waals surface area contributed by atoms with Crippen molar-refractivity contribution >= 4 is 5.91 Å². The van der Waals surface area contributed by atoms with Crippen LogP contribution in [0.5, 0.6) is 0 Å². The molecule has 0 saturated carbocycles. The summed E-state index contributed by atoms with van der Waals surface area (Å²) in [4.78, 5) is 29.5. The first-order chi connectivity index (χ1) is 13.6. The van der Waals surface area contributed by atoms with E-state index in [0.29, 0.717) is 30.5 Å². The van der Waals surface area contributed by atoms with E-state index in [1.54, 1.807) is 6.20 Å². The van der Waals surface area contributed by atoms with Crippen LogP contribution in [0.2, 0.25) is 0 Å². The Balaban J connectivity index is 1.38. The van der Waals surface area contributed by atoms with Crippen molar-refractivity contribution in [1.82, 2.24) is 29.9 Å². The van der Waals surface area contributed by atoms with Crippen LogP contribution >= 0.6 is 0 Å². The molecule has 0 N–H and O–H groups in total. The summed E-state index contributed by atoms with van der Waals surface area (Å²) < 4.78 is 5.49. The van der Waals surface area contributed by atoms with Gasteiger partial charge in [-0.25, -0.2) is 4.98 Å². The summed E-state index contributed by atoms with van der Waals surface area (Å²) in [5, 5.41) is 4.10. The highest BCUT2D eigenvalue weighted by atomic mass is 16.5. The van der Waals surface area contributed by atoms with Gasteiger partial charge in [-0.15, -0.1) is 0 Å². The van der Waals surface area contributed by atoms with E-state index in [4.69, 9.17) is 4.52 Å². The Morgan fingerprint density at radius 2 is 1.82 bits per heavy atom. The Labute approximate surface area is 163 Å². The molecule has 28 heavy (non-hydrogen) atoms. The van der Waals surface area contributed by atoms with Gasteiger partial charge in [0, 0.05) is 37.9 Å². The summed E-state index contributed by atoms with van der Waals surface area (Å²) in [5.41, 5.74) is 2.11. The number of aryl methyl sites for hydroxylation is 1. The molecule has 3 heterocycles. The molecular weight excluding hydrogens is 356 g/mol. The van der Waals surface area contributed by atoms with Gasteiger partial charge < -0.3 is 9.42 Å². The fraction of sp³-hybridized carbons (Fsp3) is 0.350. The van der Waals surface area contributed by atoms with E-state index < -0.39 is 0 Å². The molecule has 1 aliphatic heterocycles. The molecule has 0 aliphatic carbocycles. The van der Waals surface area contributed by atoms with Gasteiger partial charge in [-0.05, 0) is 13.8 Å². The summed E-state index contributed by atoms with van der Waals surface area (Å²) in [5.74, 6) is 1.10. The lowest BCUT2D eigenvalue weighted by Crippen LogP contribution is -2.49. The average Bonchev–Trinajstić information content (AvgIpc) is 3.24. The standard InChI is InChI=1S/C20H22N6O2/c1-14-12-22-17(13-21-14)20(27)26-10-8-25(9-11-26)15(2)19-23-18(24-28-19)16-6-4-3-5-7-16/h3-7,12-13,15H,8-11H2,1-2H3/t15-/m0/s1. The predicted octanol–water partition coefficient (Wildman–Crippen LogP) is 2.35. The van der Waals surface area contributed by atoms with Gasteiger partial charge in [0.15, 0.2) is 0 Å². The zero-order valence-corrected chi connectivity index (χ0v) is 15.9. The molecule has 3 aromatic rings. The van der Waals surface area contributed by atoms with Crippen molar-refractivity contribution < 1.29 is 9.32 Å². The lowest BCUT2D eigenvalue weighted by atomic mass is 10.2. The molecule has 4 rings (SSSR count). The second-order valence-corrected chi connectivity index (χ2v) is 6.87. The molecular formula is C20H22N6O2. The first-order valence-electron chi connectivity index (χ1n) is 9.33. The Morgan fingerprint density at radius 3 is 2.50 bits per heavy atom. The van der Waals surface area contributed by atoms with Gasteiger partial charge in [0.05, 0.1) is 17.9 Å². The van der Waals surface area contributed by atoms with Crippen molar-refractivity contribution in [2.75, 3.05) is 26.2 Å².